The second kappa shape index (κ2) is 4.09. The fourth-order valence-corrected chi connectivity index (χ4v) is 0.756. The van der Waals surface area contributed by atoms with Crippen molar-refractivity contribution in [2.75, 3.05) is 13.2 Å². The number of alkyl halides is 3. The van der Waals surface area contributed by atoms with Gasteiger partial charge >= 0.3 is 6.18 Å². The van der Waals surface area contributed by atoms with Crippen LogP contribution in [-0.2, 0) is 9.47 Å². The van der Waals surface area contributed by atoms with Gasteiger partial charge < -0.3 is 9.47 Å². The van der Waals surface area contributed by atoms with Crippen molar-refractivity contribution in [3.05, 3.63) is 0 Å². The molecule has 0 rings (SSSR count). The van der Waals surface area contributed by atoms with Crippen LogP contribution in [0.2, 0.25) is 0 Å². The Morgan fingerprint density at radius 2 is 1.33 bits per heavy atom. The van der Waals surface area contributed by atoms with Crippen molar-refractivity contribution in [1.82, 2.24) is 0 Å². The molecule has 0 aliphatic heterocycles. The molecule has 2 nitrogen and oxygen atoms in total. The molecule has 74 valence electrons. The van der Waals surface area contributed by atoms with Crippen molar-refractivity contribution < 1.29 is 22.6 Å². The first-order chi connectivity index (χ1) is 5.37. The largest absolute Gasteiger partial charge is 0.442 e. The summed E-state index contributed by atoms with van der Waals surface area (Å²) in [4.78, 5) is 0. The molecule has 0 saturated heterocycles. The van der Waals surface area contributed by atoms with Crippen LogP contribution in [0.1, 0.15) is 20.8 Å². The smallest absolute Gasteiger partial charge is 0.343 e. The van der Waals surface area contributed by atoms with Crippen LogP contribution in [0, 0.1) is 0 Å². The van der Waals surface area contributed by atoms with E-state index in [1.54, 1.807) is 0 Å². The lowest BCUT2D eigenvalue weighted by Crippen LogP contribution is -2.47. The van der Waals surface area contributed by atoms with E-state index in [9.17, 15) is 13.2 Å². The summed E-state index contributed by atoms with van der Waals surface area (Å²) >= 11 is 0. The van der Waals surface area contributed by atoms with Gasteiger partial charge in [0.2, 0.25) is 0 Å². The van der Waals surface area contributed by atoms with Gasteiger partial charge in [-0.25, -0.2) is 0 Å². The van der Waals surface area contributed by atoms with Crippen molar-refractivity contribution in [2.24, 2.45) is 0 Å². The molecule has 0 aliphatic carbocycles. The van der Waals surface area contributed by atoms with Crippen molar-refractivity contribution in [3.8, 4) is 0 Å². The van der Waals surface area contributed by atoms with Crippen molar-refractivity contribution in [2.45, 2.75) is 32.7 Å². The minimum atomic E-state index is -4.49. The molecule has 0 unspecified atom stereocenters. The molecule has 0 N–H and O–H groups in total. The van der Waals surface area contributed by atoms with E-state index in [0.29, 0.717) is 0 Å². The van der Waals surface area contributed by atoms with Gasteiger partial charge in [0.15, 0.2) is 0 Å². The van der Waals surface area contributed by atoms with E-state index in [-0.39, 0.29) is 13.2 Å². The van der Waals surface area contributed by atoms with E-state index >= 15 is 0 Å². The third-order valence-corrected chi connectivity index (χ3v) is 1.35. The van der Waals surface area contributed by atoms with Gasteiger partial charge in [-0.05, 0) is 20.8 Å². The van der Waals surface area contributed by atoms with Crippen LogP contribution in [-0.4, -0.2) is 25.2 Å². The average molecular weight is 186 g/mol. The Morgan fingerprint density at radius 3 is 1.50 bits per heavy atom. The zero-order chi connectivity index (χ0) is 9.83. The van der Waals surface area contributed by atoms with Crippen LogP contribution in [0.25, 0.3) is 0 Å². The molecule has 0 radical (unpaired) electrons. The molecule has 0 spiro atoms. The predicted molar refractivity (Wildman–Crippen MR) is 37.7 cm³/mol. The minimum Gasteiger partial charge on any atom is -0.343 e. The lowest BCUT2D eigenvalue weighted by atomic mass is 10.3. The summed E-state index contributed by atoms with van der Waals surface area (Å²) in [5, 5.41) is 0. The summed E-state index contributed by atoms with van der Waals surface area (Å²) in [6.07, 6.45) is -4.49. The van der Waals surface area contributed by atoms with E-state index in [1.165, 1.54) is 13.8 Å². The summed E-state index contributed by atoms with van der Waals surface area (Å²) in [5.74, 6) is -2.46. The molecule has 5 heteroatoms. The second-order valence-electron chi connectivity index (χ2n) is 2.31. The summed E-state index contributed by atoms with van der Waals surface area (Å²) in [6.45, 7) is 3.79. The van der Waals surface area contributed by atoms with Gasteiger partial charge in [-0.15, -0.1) is 0 Å². The van der Waals surface area contributed by atoms with Crippen molar-refractivity contribution >= 4 is 0 Å². The highest BCUT2D eigenvalue weighted by atomic mass is 19.4. The van der Waals surface area contributed by atoms with E-state index < -0.39 is 12.0 Å². The lowest BCUT2D eigenvalue weighted by Gasteiger charge is -2.30. The first kappa shape index (κ1) is 11.7. The third kappa shape index (κ3) is 2.64. The molecule has 0 aliphatic rings. The maximum Gasteiger partial charge on any atom is 0.442 e. The van der Waals surface area contributed by atoms with Gasteiger partial charge in [-0.1, -0.05) is 0 Å². The van der Waals surface area contributed by atoms with E-state index in [0.717, 1.165) is 6.92 Å². The maximum absolute atomic E-state index is 12.2. The normalized spacial score (nSPS) is 13.5. The zero-order valence-corrected chi connectivity index (χ0v) is 7.36. The number of hydrogen-bond donors (Lipinski definition) is 0. The molecule has 0 amide bonds. The molecule has 0 heterocycles. The molecular weight excluding hydrogens is 173 g/mol. The topological polar surface area (TPSA) is 18.5 Å². The fourth-order valence-electron chi connectivity index (χ4n) is 0.756. The van der Waals surface area contributed by atoms with Crippen LogP contribution >= 0.6 is 0 Å². The molecule has 0 atom stereocenters. The molecule has 0 aromatic rings. The lowest BCUT2D eigenvalue weighted by molar-refractivity contribution is -0.370. The zero-order valence-electron chi connectivity index (χ0n) is 7.36. The fraction of sp³-hybridized carbons (Fsp3) is 1.00. The number of hydrogen-bond acceptors (Lipinski definition) is 2. The Kier molecular flexibility index (Phi) is 3.99. The van der Waals surface area contributed by atoms with Crippen LogP contribution in [0.4, 0.5) is 13.2 Å². The molecule has 0 saturated carbocycles. The van der Waals surface area contributed by atoms with E-state index in [2.05, 4.69) is 9.47 Å². The number of rotatable bonds is 4. The molecule has 0 fully saturated rings. The predicted octanol–water partition coefficient (Wildman–Crippen LogP) is 2.34. The van der Waals surface area contributed by atoms with E-state index in [4.69, 9.17) is 0 Å². The van der Waals surface area contributed by atoms with E-state index in [1.807, 2.05) is 0 Å². The monoisotopic (exact) mass is 186 g/mol. The SMILES string of the molecule is CCOC(C)(OCC)C(F)(F)F. The first-order valence-electron chi connectivity index (χ1n) is 3.72. The summed E-state index contributed by atoms with van der Waals surface area (Å²) < 4.78 is 45.7. The molecular formula is C7H13F3O2. The van der Waals surface area contributed by atoms with Gasteiger partial charge in [0.05, 0.1) is 0 Å². The Bertz CT molecular complexity index is 127. The first-order valence-corrected chi connectivity index (χ1v) is 3.72. The van der Waals surface area contributed by atoms with Crippen molar-refractivity contribution in [1.29, 1.82) is 0 Å². The molecule has 12 heavy (non-hydrogen) atoms. The summed E-state index contributed by atoms with van der Waals surface area (Å²) in [6, 6.07) is 0. The Labute approximate surface area is 69.7 Å². The molecule has 0 aromatic heterocycles. The van der Waals surface area contributed by atoms with Crippen LogP contribution in [0.15, 0.2) is 0 Å². The van der Waals surface area contributed by atoms with Gasteiger partial charge in [0.25, 0.3) is 5.79 Å². The molecule has 0 bridgehead atoms. The highest BCUT2D eigenvalue weighted by Gasteiger charge is 2.53. The third-order valence-electron chi connectivity index (χ3n) is 1.35. The Balaban J connectivity index is 4.38. The van der Waals surface area contributed by atoms with Crippen LogP contribution in [0.3, 0.4) is 0 Å². The summed E-state index contributed by atoms with van der Waals surface area (Å²) in [5.41, 5.74) is 0. The van der Waals surface area contributed by atoms with Crippen LogP contribution < -0.4 is 0 Å². The number of ether oxygens (including phenoxy) is 2. The summed E-state index contributed by atoms with van der Waals surface area (Å²) in [7, 11) is 0. The van der Waals surface area contributed by atoms with Gasteiger partial charge in [-0.3, -0.25) is 0 Å². The maximum atomic E-state index is 12.2. The minimum absolute atomic E-state index is 0.0317. The Hall–Kier alpha value is -0.290. The quantitative estimate of drug-likeness (QED) is 0.627. The van der Waals surface area contributed by atoms with Gasteiger partial charge in [-0.2, -0.15) is 13.2 Å². The highest BCUT2D eigenvalue weighted by molar-refractivity contribution is 4.72. The highest BCUT2D eigenvalue weighted by Crippen LogP contribution is 2.34. The van der Waals surface area contributed by atoms with Crippen LogP contribution in [0.5, 0.6) is 0 Å². The average Bonchev–Trinajstić information content (AvgIpc) is 1.86. The Morgan fingerprint density at radius 1 is 1.00 bits per heavy atom. The number of halogens is 3. The van der Waals surface area contributed by atoms with Gasteiger partial charge in [0.1, 0.15) is 0 Å². The van der Waals surface area contributed by atoms with Gasteiger partial charge in [0, 0.05) is 13.2 Å². The molecule has 0 aromatic carbocycles. The second-order valence-corrected chi connectivity index (χ2v) is 2.31. The van der Waals surface area contributed by atoms with Crippen molar-refractivity contribution in [3.63, 3.8) is 0 Å². The standard InChI is InChI=1S/C7H13F3O2/c1-4-11-6(3,12-5-2)7(8,9)10/h4-5H2,1-3H3.